The molecule has 1 aliphatic rings. The van der Waals surface area contributed by atoms with Crippen molar-refractivity contribution >= 4 is 5.96 Å². The Kier molecular flexibility index (Phi) is 4.02. The molecule has 4 heteroatoms. The van der Waals surface area contributed by atoms with Crippen LogP contribution in [0.2, 0.25) is 0 Å². The number of guanidine groups is 1. The van der Waals surface area contributed by atoms with Gasteiger partial charge in [-0.1, -0.05) is 12.8 Å². The summed E-state index contributed by atoms with van der Waals surface area (Å²) < 4.78 is 0. The third kappa shape index (κ3) is 3.22. The molecule has 1 fully saturated rings. The van der Waals surface area contributed by atoms with Gasteiger partial charge in [-0.2, -0.15) is 0 Å². The average Bonchev–Trinajstić information content (AvgIpc) is 2.09. The number of nitrogens with two attached hydrogens (primary N) is 1. The largest absolute Gasteiger partial charge is 0.391 e. The van der Waals surface area contributed by atoms with Gasteiger partial charge in [-0.05, 0) is 19.8 Å². The van der Waals surface area contributed by atoms with Crippen LogP contribution in [0.15, 0.2) is 4.99 Å². The van der Waals surface area contributed by atoms with Gasteiger partial charge in [-0.3, -0.25) is 4.99 Å². The molecule has 2 atom stereocenters. The number of rotatable bonds is 2. The van der Waals surface area contributed by atoms with Crippen molar-refractivity contribution in [3.63, 3.8) is 0 Å². The Hall–Kier alpha value is -0.770. The normalized spacial score (nSPS) is 30.2. The Morgan fingerprint density at radius 3 is 2.85 bits per heavy atom. The predicted octanol–water partition coefficient (Wildman–Crippen LogP) is 0.214. The Labute approximate surface area is 79.2 Å². The first kappa shape index (κ1) is 10.3. The zero-order chi connectivity index (χ0) is 9.68. The first-order valence-electron chi connectivity index (χ1n) is 4.98. The minimum absolute atomic E-state index is 0.101. The van der Waals surface area contributed by atoms with Crippen molar-refractivity contribution in [3.8, 4) is 0 Å². The first-order valence-corrected chi connectivity index (χ1v) is 4.98. The van der Waals surface area contributed by atoms with Crippen LogP contribution in [0.5, 0.6) is 0 Å². The van der Waals surface area contributed by atoms with E-state index in [-0.39, 0.29) is 12.1 Å². The molecule has 0 aromatic heterocycles. The Balaban J connectivity index is 2.37. The van der Waals surface area contributed by atoms with Gasteiger partial charge in [-0.15, -0.1) is 0 Å². The zero-order valence-corrected chi connectivity index (χ0v) is 8.16. The number of hydrogen-bond donors (Lipinski definition) is 3. The van der Waals surface area contributed by atoms with Crippen molar-refractivity contribution in [3.05, 3.63) is 0 Å². The Morgan fingerprint density at radius 1 is 1.54 bits per heavy atom. The van der Waals surface area contributed by atoms with Gasteiger partial charge in [0.1, 0.15) is 0 Å². The van der Waals surface area contributed by atoms with E-state index in [1.807, 2.05) is 6.92 Å². The summed E-state index contributed by atoms with van der Waals surface area (Å²) >= 11 is 0. The van der Waals surface area contributed by atoms with Gasteiger partial charge in [0.25, 0.3) is 0 Å². The summed E-state index contributed by atoms with van der Waals surface area (Å²) in [4.78, 5) is 4.03. The smallest absolute Gasteiger partial charge is 0.188 e. The second-order valence-electron chi connectivity index (χ2n) is 3.46. The fraction of sp³-hybridized carbons (Fsp3) is 0.889. The van der Waals surface area contributed by atoms with Crippen molar-refractivity contribution in [2.45, 2.75) is 44.8 Å². The fourth-order valence-electron chi connectivity index (χ4n) is 1.69. The monoisotopic (exact) mass is 185 g/mol. The summed E-state index contributed by atoms with van der Waals surface area (Å²) in [6.45, 7) is 2.62. The van der Waals surface area contributed by atoms with Crippen molar-refractivity contribution in [1.29, 1.82) is 0 Å². The van der Waals surface area contributed by atoms with Crippen LogP contribution in [0, 0.1) is 0 Å². The highest BCUT2D eigenvalue weighted by atomic mass is 16.3. The highest BCUT2D eigenvalue weighted by molar-refractivity contribution is 5.78. The molecule has 4 N–H and O–H groups in total. The van der Waals surface area contributed by atoms with Crippen LogP contribution in [0.4, 0.5) is 0 Å². The van der Waals surface area contributed by atoms with Crippen molar-refractivity contribution in [2.24, 2.45) is 10.7 Å². The second-order valence-corrected chi connectivity index (χ2v) is 3.46. The molecular weight excluding hydrogens is 166 g/mol. The van der Waals surface area contributed by atoms with Gasteiger partial charge < -0.3 is 16.2 Å². The van der Waals surface area contributed by atoms with Crippen LogP contribution in [-0.4, -0.2) is 29.8 Å². The number of aliphatic hydroxyl groups is 1. The van der Waals surface area contributed by atoms with Gasteiger partial charge >= 0.3 is 0 Å². The summed E-state index contributed by atoms with van der Waals surface area (Å²) in [5.41, 5.74) is 5.61. The van der Waals surface area contributed by atoms with E-state index in [2.05, 4.69) is 10.3 Å². The van der Waals surface area contributed by atoms with Crippen LogP contribution in [-0.2, 0) is 0 Å². The Morgan fingerprint density at radius 2 is 2.23 bits per heavy atom. The van der Waals surface area contributed by atoms with E-state index in [4.69, 9.17) is 5.73 Å². The van der Waals surface area contributed by atoms with Gasteiger partial charge in [-0.25, -0.2) is 0 Å². The molecule has 13 heavy (non-hydrogen) atoms. The lowest BCUT2D eigenvalue weighted by Gasteiger charge is -2.28. The highest BCUT2D eigenvalue weighted by Gasteiger charge is 2.22. The lowest BCUT2D eigenvalue weighted by atomic mass is 9.93. The van der Waals surface area contributed by atoms with E-state index in [1.54, 1.807) is 0 Å². The number of nitrogens with one attached hydrogen (secondary N) is 1. The zero-order valence-electron chi connectivity index (χ0n) is 8.16. The molecule has 0 amide bonds. The quantitative estimate of drug-likeness (QED) is 0.425. The van der Waals surface area contributed by atoms with E-state index >= 15 is 0 Å². The number of nitrogens with zero attached hydrogens (tertiary/aromatic N) is 1. The minimum Gasteiger partial charge on any atom is -0.391 e. The molecule has 0 saturated heterocycles. The van der Waals surface area contributed by atoms with Crippen LogP contribution >= 0.6 is 0 Å². The maximum Gasteiger partial charge on any atom is 0.188 e. The number of aliphatic hydroxyl groups excluding tert-OH is 1. The molecule has 0 aliphatic heterocycles. The molecule has 0 aromatic rings. The summed E-state index contributed by atoms with van der Waals surface area (Å²) in [5.74, 6) is 0.452. The van der Waals surface area contributed by atoms with E-state index in [1.165, 1.54) is 0 Å². The lowest BCUT2D eigenvalue weighted by Crippen LogP contribution is -2.48. The van der Waals surface area contributed by atoms with Gasteiger partial charge in [0, 0.05) is 6.54 Å². The highest BCUT2D eigenvalue weighted by Crippen LogP contribution is 2.17. The fourth-order valence-corrected chi connectivity index (χ4v) is 1.69. The minimum atomic E-state index is -0.264. The van der Waals surface area contributed by atoms with E-state index in [0.29, 0.717) is 12.5 Å². The standard InChI is InChI=1S/C9H19N3O/c1-2-11-9(10)12-7-5-3-4-6-8(7)13/h7-8,13H,2-6H2,1H3,(H3,10,11,12). The van der Waals surface area contributed by atoms with Crippen LogP contribution in [0.25, 0.3) is 0 Å². The topological polar surface area (TPSA) is 70.6 Å². The molecule has 0 aromatic carbocycles. The molecule has 0 radical (unpaired) electrons. The molecule has 0 bridgehead atoms. The summed E-state index contributed by atoms with van der Waals surface area (Å²) in [7, 11) is 0. The molecule has 1 saturated carbocycles. The third-order valence-corrected chi connectivity index (χ3v) is 2.39. The molecular formula is C9H19N3O. The van der Waals surface area contributed by atoms with E-state index in [0.717, 1.165) is 25.7 Å². The Bertz CT molecular complexity index is 182. The van der Waals surface area contributed by atoms with Crippen molar-refractivity contribution < 1.29 is 5.11 Å². The SMILES string of the molecule is CCN=C(N)NC1CCCCC1O. The van der Waals surface area contributed by atoms with Crippen LogP contribution in [0.1, 0.15) is 32.6 Å². The molecule has 1 aliphatic carbocycles. The van der Waals surface area contributed by atoms with Gasteiger partial charge in [0.15, 0.2) is 5.96 Å². The second kappa shape index (κ2) is 5.07. The van der Waals surface area contributed by atoms with Crippen molar-refractivity contribution in [2.75, 3.05) is 6.54 Å². The number of hydrogen-bond acceptors (Lipinski definition) is 2. The molecule has 0 spiro atoms. The van der Waals surface area contributed by atoms with Gasteiger partial charge in [0.2, 0.25) is 0 Å². The molecule has 76 valence electrons. The van der Waals surface area contributed by atoms with Crippen LogP contribution < -0.4 is 11.1 Å². The van der Waals surface area contributed by atoms with Gasteiger partial charge in [0.05, 0.1) is 12.1 Å². The molecule has 2 unspecified atom stereocenters. The van der Waals surface area contributed by atoms with E-state index in [9.17, 15) is 5.11 Å². The first-order chi connectivity index (χ1) is 6.24. The summed E-state index contributed by atoms with van der Waals surface area (Å²) in [6, 6.07) is 0.101. The average molecular weight is 185 g/mol. The maximum atomic E-state index is 9.61. The third-order valence-electron chi connectivity index (χ3n) is 2.39. The van der Waals surface area contributed by atoms with Crippen LogP contribution in [0.3, 0.4) is 0 Å². The summed E-state index contributed by atoms with van der Waals surface area (Å²) in [5, 5.41) is 12.7. The molecule has 4 nitrogen and oxygen atoms in total. The molecule has 0 heterocycles. The predicted molar refractivity (Wildman–Crippen MR) is 53.6 cm³/mol. The number of aliphatic imine (C=N–C) groups is 1. The van der Waals surface area contributed by atoms with E-state index < -0.39 is 0 Å². The van der Waals surface area contributed by atoms with Crippen molar-refractivity contribution in [1.82, 2.24) is 5.32 Å². The lowest BCUT2D eigenvalue weighted by molar-refractivity contribution is 0.0996. The summed E-state index contributed by atoms with van der Waals surface area (Å²) in [6.07, 6.45) is 3.87. The molecule has 1 rings (SSSR count). The maximum absolute atomic E-state index is 9.61.